The van der Waals surface area contributed by atoms with Crippen LogP contribution in [-0.4, -0.2) is 42.5 Å². The largest absolute Gasteiger partial charge is 0.573 e. The fourth-order valence-electron chi connectivity index (χ4n) is 3.95. The molecule has 1 saturated carbocycles. The zero-order valence-electron chi connectivity index (χ0n) is 15.9. The maximum atomic E-state index is 12.2. The highest BCUT2D eigenvalue weighted by Crippen LogP contribution is 2.23. The molecule has 0 bridgehead atoms. The molecule has 8 heteroatoms. The summed E-state index contributed by atoms with van der Waals surface area (Å²) in [6.07, 6.45) is 2.84. The van der Waals surface area contributed by atoms with Crippen LogP contribution < -0.4 is 15.4 Å². The predicted octanol–water partition coefficient (Wildman–Crippen LogP) is 4.18. The zero-order valence-corrected chi connectivity index (χ0v) is 15.9. The minimum Gasteiger partial charge on any atom is -0.406 e. The average Bonchev–Trinajstić information content (AvgIpc) is 2.64. The van der Waals surface area contributed by atoms with Gasteiger partial charge >= 0.3 is 12.4 Å². The first-order valence-electron chi connectivity index (χ1n) is 10.0. The van der Waals surface area contributed by atoms with E-state index < -0.39 is 6.36 Å². The lowest BCUT2D eigenvalue weighted by Gasteiger charge is -2.33. The summed E-state index contributed by atoms with van der Waals surface area (Å²) in [7, 11) is 0. The number of piperidine rings is 1. The van der Waals surface area contributed by atoms with Crippen molar-refractivity contribution in [3.63, 3.8) is 0 Å². The molecule has 2 fully saturated rings. The van der Waals surface area contributed by atoms with Crippen LogP contribution in [0.25, 0.3) is 0 Å². The number of likely N-dealkylation sites (tertiary alicyclic amines) is 1. The van der Waals surface area contributed by atoms with Crippen molar-refractivity contribution in [3.05, 3.63) is 29.8 Å². The summed E-state index contributed by atoms with van der Waals surface area (Å²) in [5.74, 6) is -0.205. The van der Waals surface area contributed by atoms with Crippen molar-refractivity contribution in [3.8, 4) is 5.75 Å². The molecule has 0 radical (unpaired) electrons. The topological polar surface area (TPSA) is 53.6 Å². The van der Waals surface area contributed by atoms with E-state index in [9.17, 15) is 18.0 Å². The average molecular weight is 399 g/mol. The molecule has 1 aromatic carbocycles. The molecular formula is C20H28F3N3O2. The lowest BCUT2D eigenvalue weighted by atomic mass is 9.96. The molecule has 0 unspecified atom stereocenters. The van der Waals surface area contributed by atoms with Crippen molar-refractivity contribution in [1.29, 1.82) is 0 Å². The number of benzene rings is 1. The smallest absolute Gasteiger partial charge is 0.406 e. The van der Waals surface area contributed by atoms with Crippen molar-refractivity contribution in [1.82, 2.24) is 15.5 Å². The Bertz CT molecular complexity index is 623. The molecule has 1 aliphatic heterocycles. The molecule has 2 aliphatic rings. The summed E-state index contributed by atoms with van der Waals surface area (Å²) in [4.78, 5) is 14.4. The van der Waals surface area contributed by atoms with Gasteiger partial charge in [-0.1, -0.05) is 31.4 Å². The Balaban J connectivity index is 1.37. The molecule has 1 saturated heterocycles. The van der Waals surface area contributed by atoms with E-state index in [1.165, 1.54) is 31.4 Å². The fourth-order valence-corrected chi connectivity index (χ4v) is 3.95. The number of hydrogen-bond donors (Lipinski definition) is 2. The number of ether oxygens (including phenoxy) is 1. The van der Waals surface area contributed by atoms with Crippen LogP contribution in [0.3, 0.4) is 0 Å². The van der Waals surface area contributed by atoms with Crippen molar-refractivity contribution in [2.75, 3.05) is 13.1 Å². The Morgan fingerprint density at radius 1 is 0.964 bits per heavy atom. The van der Waals surface area contributed by atoms with E-state index in [1.54, 1.807) is 12.1 Å². The van der Waals surface area contributed by atoms with Gasteiger partial charge in [-0.2, -0.15) is 0 Å². The van der Waals surface area contributed by atoms with Crippen LogP contribution in [0.4, 0.5) is 18.0 Å². The van der Waals surface area contributed by atoms with Gasteiger partial charge in [-0.3, -0.25) is 4.90 Å². The lowest BCUT2D eigenvalue weighted by Crippen LogP contribution is -2.50. The van der Waals surface area contributed by atoms with E-state index in [4.69, 9.17) is 0 Å². The van der Waals surface area contributed by atoms with Gasteiger partial charge in [0, 0.05) is 31.7 Å². The summed E-state index contributed by atoms with van der Waals surface area (Å²) in [5, 5.41) is 6.16. The fraction of sp³-hybridized carbons (Fsp3) is 0.650. The highest BCUT2D eigenvalue weighted by Gasteiger charge is 2.31. The molecule has 3 rings (SSSR count). The second-order valence-corrected chi connectivity index (χ2v) is 7.69. The third kappa shape index (κ3) is 6.89. The number of hydrogen-bond acceptors (Lipinski definition) is 3. The second kappa shape index (κ2) is 9.49. The molecule has 1 aromatic rings. The Morgan fingerprint density at radius 3 is 2.11 bits per heavy atom. The molecule has 0 atom stereocenters. The number of nitrogens with one attached hydrogen (secondary N) is 2. The lowest BCUT2D eigenvalue weighted by molar-refractivity contribution is -0.274. The van der Waals surface area contributed by atoms with Crippen LogP contribution in [0.15, 0.2) is 24.3 Å². The van der Waals surface area contributed by atoms with Crippen LogP contribution in [0.1, 0.15) is 50.5 Å². The molecule has 28 heavy (non-hydrogen) atoms. The number of carbonyl (C=O) groups is 1. The first-order chi connectivity index (χ1) is 13.4. The van der Waals surface area contributed by atoms with E-state index in [1.807, 2.05) is 0 Å². The molecule has 0 aromatic heterocycles. The van der Waals surface area contributed by atoms with Crippen LogP contribution in [0, 0.1) is 0 Å². The molecule has 2 N–H and O–H groups in total. The number of nitrogens with zero attached hydrogens (tertiary/aromatic N) is 1. The van der Waals surface area contributed by atoms with Gasteiger partial charge in [0.1, 0.15) is 5.75 Å². The van der Waals surface area contributed by atoms with E-state index >= 15 is 0 Å². The predicted molar refractivity (Wildman–Crippen MR) is 100.0 cm³/mol. The molecule has 0 spiro atoms. The number of carbonyl (C=O) groups excluding carboxylic acids is 1. The maximum Gasteiger partial charge on any atom is 0.573 e. The van der Waals surface area contributed by atoms with Gasteiger partial charge < -0.3 is 15.4 Å². The van der Waals surface area contributed by atoms with Crippen molar-refractivity contribution in [2.45, 2.75) is 69.9 Å². The number of rotatable bonds is 5. The monoisotopic (exact) mass is 399 g/mol. The highest BCUT2D eigenvalue weighted by atomic mass is 19.4. The highest BCUT2D eigenvalue weighted by molar-refractivity contribution is 5.74. The Morgan fingerprint density at radius 2 is 1.54 bits per heavy atom. The van der Waals surface area contributed by atoms with Gasteiger partial charge in [0.2, 0.25) is 0 Å². The normalized spacial score (nSPS) is 20.0. The SMILES string of the molecule is O=C(NC1CCCCC1)NC1CCN(Cc2ccc(OC(F)(F)F)cc2)CC1. The Hall–Kier alpha value is -1.96. The van der Waals surface area contributed by atoms with E-state index in [-0.39, 0.29) is 17.8 Å². The number of halogens is 3. The third-order valence-corrected chi connectivity index (χ3v) is 5.43. The van der Waals surface area contributed by atoms with Crippen molar-refractivity contribution in [2.24, 2.45) is 0 Å². The zero-order chi connectivity index (χ0) is 20.0. The van der Waals surface area contributed by atoms with Crippen LogP contribution >= 0.6 is 0 Å². The van der Waals surface area contributed by atoms with Crippen molar-refractivity contribution >= 4 is 6.03 Å². The summed E-state index contributed by atoms with van der Waals surface area (Å²) in [6, 6.07) is 6.40. The minimum absolute atomic E-state index is 0.0643. The molecule has 1 heterocycles. The van der Waals surface area contributed by atoms with Gasteiger partial charge in [0.25, 0.3) is 0 Å². The van der Waals surface area contributed by atoms with Gasteiger partial charge in [-0.15, -0.1) is 13.2 Å². The summed E-state index contributed by atoms with van der Waals surface area (Å²) in [6.45, 7) is 2.36. The molecule has 5 nitrogen and oxygen atoms in total. The standard InChI is InChI=1S/C20H28F3N3O2/c21-20(22,23)28-18-8-6-15(7-9-18)14-26-12-10-17(11-13-26)25-19(27)24-16-4-2-1-3-5-16/h6-9,16-17H,1-5,10-14H2,(H2,24,25,27). The van der Waals surface area contributed by atoms with Gasteiger partial charge in [-0.05, 0) is 43.4 Å². The summed E-state index contributed by atoms with van der Waals surface area (Å²) in [5.41, 5.74) is 0.941. The van der Waals surface area contributed by atoms with Crippen LogP contribution in [0.5, 0.6) is 5.75 Å². The number of amides is 2. The quantitative estimate of drug-likeness (QED) is 0.781. The van der Waals surface area contributed by atoms with E-state index in [0.29, 0.717) is 12.6 Å². The molecule has 156 valence electrons. The Kier molecular flexibility index (Phi) is 7.04. The van der Waals surface area contributed by atoms with Crippen molar-refractivity contribution < 1.29 is 22.7 Å². The van der Waals surface area contributed by atoms with E-state index in [2.05, 4.69) is 20.3 Å². The van der Waals surface area contributed by atoms with Gasteiger partial charge in [0.05, 0.1) is 0 Å². The maximum absolute atomic E-state index is 12.2. The summed E-state index contributed by atoms with van der Waals surface area (Å²) < 4.78 is 40.5. The van der Waals surface area contributed by atoms with Gasteiger partial charge in [0.15, 0.2) is 0 Å². The van der Waals surface area contributed by atoms with Crippen LogP contribution in [0.2, 0.25) is 0 Å². The first kappa shape index (κ1) is 20.8. The Labute approximate surface area is 163 Å². The molecular weight excluding hydrogens is 371 g/mol. The second-order valence-electron chi connectivity index (χ2n) is 7.69. The van der Waals surface area contributed by atoms with E-state index in [0.717, 1.165) is 44.3 Å². The van der Waals surface area contributed by atoms with Gasteiger partial charge in [-0.25, -0.2) is 4.79 Å². The third-order valence-electron chi connectivity index (χ3n) is 5.43. The minimum atomic E-state index is -4.67. The molecule has 2 amide bonds. The summed E-state index contributed by atoms with van der Waals surface area (Å²) >= 11 is 0. The molecule has 1 aliphatic carbocycles. The number of urea groups is 1. The first-order valence-corrected chi connectivity index (χ1v) is 10.0. The number of alkyl halides is 3. The van der Waals surface area contributed by atoms with Crippen LogP contribution in [-0.2, 0) is 6.54 Å².